The van der Waals surface area contributed by atoms with E-state index in [1.54, 1.807) is 0 Å². The van der Waals surface area contributed by atoms with E-state index in [1.807, 2.05) is 13.0 Å². The molecule has 4 nitrogen and oxygen atoms in total. The average Bonchev–Trinajstić information content (AvgIpc) is 2.23. The smallest absolute Gasteiger partial charge is 0.218 e. The Hall–Kier alpha value is -1.32. The van der Waals surface area contributed by atoms with E-state index >= 15 is 0 Å². The minimum atomic E-state index is 0.502. The molecule has 1 aromatic rings. The van der Waals surface area contributed by atoms with E-state index in [1.165, 1.54) is 0 Å². The van der Waals surface area contributed by atoms with E-state index in [9.17, 15) is 0 Å². The number of rotatable bonds is 6. The summed E-state index contributed by atoms with van der Waals surface area (Å²) in [6, 6.07) is 1.85. The molecule has 90 valence electrons. The number of aryl methyl sites for hydroxylation is 1. The Balaban J connectivity index is 2.65. The Kier molecular flexibility index (Phi) is 5.02. The summed E-state index contributed by atoms with van der Waals surface area (Å²) in [5.41, 5.74) is 0. The first-order valence-corrected chi connectivity index (χ1v) is 5.84. The van der Waals surface area contributed by atoms with E-state index in [0.717, 1.165) is 24.6 Å². The van der Waals surface area contributed by atoms with Gasteiger partial charge in [0.05, 0.1) is 6.61 Å². The predicted octanol–water partition coefficient (Wildman–Crippen LogP) is 2.64. The van der Waals surface area contributed by atoms with E-state index in [4.69, 9.17) is 4.74 Å². The molecule has 0 amide bonds. The highest BCUT2D eigenvalue weighted by atomic mass is 16.5. The minimum Gasteiger partial charge on any atom is -0.477 e. The Bertz CT molecular complexity index is 326. The molecule has 0 unspecified atom stereocenters. The monoisotopic (exact) mass is 223 g/mol. The zero-order chi connectivity index (χ0) is 12.0. The molecule has 0 bridgehead atoms. The van der Waals surface area contributed by atoms with Crippen molar-refractivity contribution < 1.29 is 4.74 Å². The second-order valence-corrected chi connectivity index (χ2v) is 4.27. The van der Waals surface area contributed by atoms with Crippen LogP contribution < -0.4 is 10.1 Å². The van der Waals surface area contributed by atoms with Crippen LogP contribution in [0.3, 0.4) is 0 Å². The average molecular weight is 223 g/mol. The highest BCUT2D eigenvalue weighted by Gasteiger charge is 2.03. The maximum Gasteiger partial charge on any atom is 0.218 e. The molecule has 0 aliphatic rings. The van der Waals surface area contributed by atoms with E-state index < -0.39 is 0 Å². The number of aromatic nitrogens is 2. The maximum absolute atomic E-state index is 5.58. The number of hydrogen-bond acceptors (Lipinski definition) is 4. The third kappa shape index (κ3) is 4.47. The summed E-state index contributed by atoms with van der Waals surface area (Å²) in [4.78, 5) is 8.54. The quantitative estimate of drug-likeness (QED) is 0.805. The lowest BCUT2D eigenvalue weighted by Gasteiger charge is -2.10. The van der Waals surface area contributed by atoms with E-state index in [2.05, 4.69) is 36.1 Å². The van der Waals surface area contributed by atoms with Crippen molar-refractivity contribution >= 4 is 5.82 Å². The highest BCUT2D eigenvalue weighted by Crippen LogP contribution is 2.14. The van der Waals surface area contributed by atoms with Crippen molar-refractivity contribution in [2.24, 2.45) is 5.92 Å². The van der Waals surface area contributed by atoms with Gasteiger partial charge in [0.25, 0.3) is 0 Å². The molecule has 0 aliphatic carbocycles. The zero-order valence-corrected chi connectivity index (χ0v) is 10.6. The minimum absolute atomic E-state index is 0.502. The van der Waals surface area contributed by atoms with E-state index in [0.29, 0.717) is 18.4 Å². The molecule has 0 saturated heterocycles. The molecular formula is C12H21N3O. The van der Waals surface area contributed by atoms with Crippen LogP contribution in [0.2, 0.25) is 0 Å². The predicted molar refractivity (Wildman–Crippen MR) is 65.9 cm³/mol. The highest BCUT2D eigenvalue weighted by molar-refractivity contribution is 5.38. The number of nitrogens with one attached hydrogen (secondary N) is 1. The van der Waals surface area contributed by atoms with Gasteiger partial charge in [0.15, 0.2) is 0 Å². The molecule has 0 atom stereocenters. The molecule has 4 heteroatoms. The van der Waals surface area contributed by atoms with Gasteiger partial charge in [-0.15, -0.1) is 0 Å². The Labute approximate surface area is 97.5 Å². The summed E-state index contributed by atoms with van der Waals surface area (Å²) < 4.78 is 5.58. The lowest BCUT2D eigenvalue weighted by molar-refractivity contribution is 0.260. The molecule has 0 fully saturated rings. The van der Waals surface area contributed by atoms with Crippen molar-refractivity contribution in [2.75, 3.05) is 18.5 Å². The number of ether oxygens (including phenoxy) is 1. The van der Waals surface area contributed by atoms with Gasteiger partial charge in [0.2, 0.25) is 5.88 Å². The van der Waals surface area contributed by atoms with Crippen molar-refractivity contribution in [3.63, 3.8) is 0 Å². The fraction of sp³-hybridized carbons (Fsp3) is 0.667. The number of anilines is 1. The molecule has 1 aromatic heterocycles. The largest absolute Gasteiger partial charge is 0.477 e. The van der Waals surface area contributed by atoms with Gasteiger partial charge in [0.1, 0.15) is 11.6 Å². The molecule has 0 aliphatic heterocycles. The molecule has 1 heterocycles. The Morgan fingerprint density at radius 3 is 2.75 bits per heavy atom. The van der Waals surface area contributed by atoms with Gasteiger partial charge >= 0.3 is 0 Å². The topological polar surface area (TPSA) is 47.0 Å². The van der Waals surface area contributed by atoms with Crippen LogP contribution in [0, 0.1) is 12.8 Å². The summed E-state index contributed by atoms with van der Waals surface area (Å²) in [6.07, 6.45) is 1.07. The summed E-state index contributed by atoms with van der Waals surface area (Å²) in [5, 5.41) is 3.23. The van der Waals surface area contributed by atoms with Crippen LogP contribution in [0.25, 0.3) is 0 Å². The second-order valence-electron chi connectivity index (χ2n) is 4.27. The first kappa shape index (κ1) is 12.7. The molecule has 0 aromatic carbocycles. The standard InChI is InChI=1S/C12H21N3O/c1-5-6-13-11-7-12(15-10(4)14-11)16-8-9(2)3/h7,9H,5-6,8H2,1-4H3,(H,13,14,15). The first-order chi connectivity index (χ1) is 7.61. The lowest BCUT2D eigenvalue weighted by Crippen LogP contribution is -2.08. The SMILES string of the molecule is CCCNc1cc(OCC(C)C)nc(C)n1. The summed E-state index contributed by atoms with van der Waals surface area (Å²) in [7, 11) is 0. The van der Waals surface area contributed by atoms with Gasteiger partial charge in [-0.05, 0) is 19.3 Å². The maximum atomic E-state index is 5.58. The second kappa shape index (κ2) is 6.30. The zero-order valence-electron chi connectivity index (χ0n) is 10.6. The van der Waals surface area contributed by atoms with Crippen molar-refractivity contribution in [2.45, 2.75) is 34.1 Å². The fourth-order valence-corrected chi connectivity index (χ4v) is 1.21. The van der Waals surface area contributed by atoms with Gasteiger partial charge in [-0.1, -0.05) is 20.8 Å². The molecule has 1 rings (SSSR count). The molecule has 0 saturated carbocycles. The number of hydrogen-bond donors (Lipinski definition) is 1. The third-order valence-corrected chi connectivity index (χ3v) is 1.94. The number of nitrogens with zero attached hydrogens (tertiary/aromatic N) is 2. The molecular weight excluding hydrogens is 202 g/mol. The fourth-order valence-electron chi connectivity index (χ4n) is 1.21. The van der Waals surface area contributed by atoms with Gasteiger partial charge < -0.3 is 10.1 Å². The van der Waals surface area contributed by atoms with Gasteiger partial charge in [-0.2, -0.15) is 4.98 Å². The van der Waals surface area contributed by atoms with Crippen molar-refractivity contribution in [1.82, 2.24) is 9.97 Å². The van der Waals surface area contributed by atoms with Crippen LogP contribution in [-0.4, -0.2) is 23.1 Å². The van der Waals surface area contributed by atoms with Gasteiger partial charge in [-0.25, -0.2) is 4.98 Å². The van der Waals surface area contributed by atoms with E-state index in [-0.39, 0.29) is 0 Å². The summed E-state index contributed by atoms with van der Waals surface area (Å²) in [5.74, 6) is 2.73. The third-order valence-electron chi connectivity index (χ3n) is 1.94. The van der Waals surface area contributed by atoms with Gasteiger partial charge in [0, 0.05) is 12.6 Å². The van der Waals surface area contributed by atoms with Crippen LogP contribution in [0.15, 0.2) is 6.07 Å². The van der Waals surface area contributed by atoms with Crippen LogP contribution in [-0.2, 0) is 0 Å². The molecule has 0 radical (unpaired) electrons. The van der Waals surface area contributed by atoms with Crippen molar-refractivity contribution in [3.05, 3.63) is 11.9 Å². The first-order valence-electron chi connectivity index (χ1n) is 5.84. The lowest BCUT2D eigenvalue weighted by atomic mass is 10.2. The summed E-state index contributed by atoms with van der Waals surface area (Å²) in [6.45, 7) is 9.83. The van der Waals surface area contributed by atoms with Crippen LogP contribution in [0.5, 0.6) is 5.88 Å². The van der Waals surface area contributed by atoms with Gasteiger partial charge in [-0.3, -0.25) is 0 Å². The van der Waals surface area contributed by atoms with Crippen LogP contribution in [0.4, 0.5) is 5.82 Å². The van der Waals surface area contributed by atoms with Crippen LogP contribution in [0.1, 0.15) is 33.0 Å². The van der Waals surface area contributed by atoms with Crippen LogP contribution >= 0.6 is 0 Å². The van der Waals surface area contributed by atoms with Crippen molar-refractivity contribution in [3.8, 4) is 5.88 Å². The van der Waals surface area contributed by atoms with Crippen molar-refractivity contribution in [1.29, 1.82) is 0 Å². The Morgan fingerprint density at radius 1 is 1.38 bits per heavy atom. The summed E-state index contributed by atoms with van der Waals surface area (Å²) >= 11 is 0. The normalized spacial score (nSPS) is 10.6. The molecule has 0 spiro atoms. The molecule has 16 heavy (non-hydrogen) atoms. The molecule has 1 N–H and O–H groups in total. The Morgan fingerprint density at radius 2 is 2.12 bits per heavy atom.